The van der Waals surface area contributed by atoms with Crippen molar-refractivity contribution in [3.05, 3.63) is 18.2 Å². The SMILES string of the molecule is NC(=O)C#Cc1cnc[nH]1. The van der Waals surface area contributed by atoms with Crippen LogP contribution in [-0.2, 0) is 4.79 Å². The first kappa shape index (κ1) is 6.36. The van der Waals surface area contributed by atoms with Crippen LogP contribution < -0.4 is 5.73 Å². The van der Waals surface area contributed by atoms with Crippen LogP contribution >= 0.6 is 0 Å². The number of aromatic nitrogens is 2. The average molecular weight is 135 g/mol. The molecule has 1 heterocycles. The molecule has 1 rings (SSSR count). The van der Waals surface area contributed by atoms with E-state index in [9.17, 15) is 4.79 Å². The van der Waals surface area contributed by atoms with Crippen molar-refractivity contribution in [3.8, 4) is 11.8 Å². The molecule has 0 saturated heterocycles. The molecule has 10 heavy (non-hydrogen) atoms. The molecule has 0 bridgehead atoms. The van der Waals surface area contributed by atoms with Crippen molar-refractivity contribution >= 4 is 5.91 Å². The fraction of sp³-hybridized carbons (Fsp3) is 0. The van der Waals surface area contributed by atoms with Crippen LogP contribution in [0.2, 0.25) is 0 Å². The monoisotopic (exact) mass is 135 g/mol. The highest BCUT2D eigenvalue weighted by Gasteiger charge is 1.84. The minimum atomic E-state index is -0.644. The number of primary amides is 1. The van der Waals surface area contributed by atoms with Crippen LogP contribution in [0.1, 0.15) is 5.69 Å². The highest BCUT2D eigenvalue weighted by molar-refractivity contribution is 5.92. The molecular formula is C6H5N3O. The molecule has 0 radical (unpaired) electrons. The molecule has 0 aliphatic rings. The van der Waals surface area contributed by atoms with E-state index in [4.69, 9.17) is 5.73 Å². The topological polar surface area (TPSA) is 71.8 Å². The Morgan fingerprint density at radius 3 is 3.10 bits per heavy atom. The predicted octanol–water partition coefficient (Wildman–Crippen LogP) is -0.754. The van der Waals surface area contributed by atoms with E-state index >= 15 is 0 Å². The number of hydrogen-bond acceptors (Lipinski definition) is 2. The second-order valence-corrected chi connectivity index (χ2v) is 1.58. The van der Waals surface area contributed by atoms with Crippen LogP contribution in [0.25, 0.3) is 0 Å². The second kappa shape index (κ2) is 2.69. The number of H-pyrrole nitrogens is 1. The Balaban J connectivity index is 2.75. The average Bonchev–Trinajstić information content (AvgIpc) is 2.34. The smallest absolute Gasteiger partial charge is 0.293 e. The largest absolute Gasteiger partial charge is 0.359 e. The van der Waals surface area contributed by atoms with Crippen molar-refractivity contribution in [2.75, 3.05) is 0 Å². The van der Waals surface area contributed by atoms with Crippen molar-refractivity contribution in [1.82, 2.24) is 9.97 Å². The van der Waals surface area contributed by atoms with Crippen LogP contribution in [0.4, 0.5) is 0 Å². The Morgan fingerprint density at radius 1 is 1.80 bits per heavy atom. The third-order valence-electron chi connectivity index (χ3n) is 0.819. The zero-order valence-corrected chi connectivity index (χ0v) is 5.09. The molecule has 0 aliphatic carbocycles. The summed E-state index contributed by atoms with van der Waals surface area (Å²) < 4.78 is 0. The zero-order chi connectivity index (χ0) is 7.40. The molecule has 4 nitrogen and oxygen atoms in total. The van der Waals surface area contributed by atoms with Gasteiger partial charge in [-0.2, -0.15) is 0 Å². The number of amides is 1. The summed E-state index contributed by atoms with van der Waals surface area (Å²) in [6, 6.07) is 0. The lowest BCUT2D eigenvalue weighted by atomic mass is 10.4. The molecule has 0 spiro atoms. The Labute approximate surface area is 57.5 Å². The summed E-state index contributed by atoms with van der Waals surface area (Å²) in [4.78, 5) is 16.5. The first-order chi connectivity index (χ1) is 4.79. The molecule has 4 heteroatoms. The number of carbonyl (C=O) groups is 1. The maximum atomic E-state index is 10.1. The number of nitrogens with zero attached hydrogens (tertiary/aromatic N) is 1. The number of hydrogen-bond donors (Lipinski definition) is 2. The van der Waals surface area contributed by atoms with Gasteiger partial charge in [-0.1, -0.05) is 0 Å². The summed E-state index contributed by atoms with van der Waals surface area (Å²) in [6.45, 7) is 0. The van der Waals surface area contributed by atoms with Crippen LogP contribution in [0.3, 0.4) is 0 Å². The molecule has 1 aromatic rings. The molecule has 0 unspecified atom stereocenters. The Bertz CT molecular complexity index is 278. The first-order valence-corrected chi connectivity index (χ1v) is 2.59. The fourth-order valence-electron chi connectivity index (χ4n) is 0.453. The number of aromatic amines is 1. The van der Waals surface area contributed by atoms with Gasteiger partial charge in [0, 0.05) is 5.92 Å². The summed E-state index contributed by atoms with van der Waals surface area (Å²) >= 11 is 0. The number of nitrogens with two attached hydrogens (primary N) is 1. The van der Waals surface area contributed by atoms with Gasteiger partial charge in [0.1, 0.15) is 5.69 Å². The van der Waals surface area contributed by atoms with Gasteiger partial charge in [-0.15, -0.1) is 0 Å². The number of carbonyl (C=O) groups excluding carboxylic acids is 1. The fourth-order valence-corrected chi connectivity index (χ4v) is 0.453. The first-order valence-electron chi connectivity index (χ1n) is 2.59. The van der Waals surface area contributed by atoms with Gasteiger partial charge in [-0.25, -0.2) is 4.98 Å². The maximum Gasteiger partial charge on any atom is 0.293 e. The lowest BCUT2D eigenvalue weighted by Crippen LogP contribution is -2.06. The van der Waals surface area contributed by atoms with Gasteiger partial charge in [0.15, 0.2) is 0 Å². The van der Waals surface area contributed by atoms with Crippen molar-refractivity contribution in [2.24, 2.45) is 5.73 Å². The number of rotatable bonds is 0. The predicted molar refractivity (Wildman–Crippen MR) is 34.7 cm³/mol. The van der Waals surface area contributed by atoms with Crippen molar-refractivity contribution in [2.45, 2.75) is 0 Å². The summed E-state index contributed by atoms with van der Waals surface area (Å²) in [5.41, 5.74) is 5.34. The molecule has 3 N–H and O–H groups in total. The summed E-state index contributed by atoms with van der Waals surface area (Å²) in [6.07, 6.45) is 2.99. The van der Waals surface area contributed by atoms with E-state index in [0.29, 0.717) is 5.69 Å². The number of imidazole rings is 1. The Kier molecular flexibility index (Phi) is 1.71. The minimum Gasteiger partial charge on any atom is -0.359 e. The van der Waals surface area contributed by atoms with Gasteiger partial charge in [-0.3, -0.25) is 4.79 Å². The van der Waals surface area contributed by atoms with Crippen molar-refractivity contribution < 1.29 is 4.79 Å². The molecule has 1 aromatic heterocycles. The normalized spacial score (nSPS) is 8.00. The Hall–Kier alpha value is -1.76. The lowest BCUT2D eigenvalue weighted by molar-refractivity contribution is -0.112. The van der Waals surface area contributed by atoms with Crippen molar-refractivity contribution in [1.29, 1.82) is 0 Å². The van der Waals surface area contributed by atoms with Crippen LogP contribution in [0.15, 0.2) is 12.5 Å². The summed E-state index contributed by atoms with van der Waals surface area (Å²) in [5, 5.41) is 0. The molecular weight excluding hydrogens is 130 g/mol. The summed E-state index contributed by atoms with van der Waals surface area (Å²) in [5.74, 6) is 4.00. The molecule has 0 aliphatic heterocycles. The quantitative estimate of drug-likeness (QED) is 0.459. The minimum absolute atomic E-state index is 0.582. The van der Waals surface area contributed by atoms with Gasteiger partial charge in [0.05, 0.1) is 12.5 Å². The third kappa shape index (κ3) is 1.63. The lowest BCUT2D eigenvalue weighted by Gasteiger charge is -1.73. The van der Waals surface area contributed by atoms with Gasteiger partial charge in [0.25, 0.3) is 5.91 Å². The highest BCUT2D eigenvalue weighted by atomic mass is 16.1. The van der Waals surface area contributed by atoms with E-state index in [2.05, 4.69) is 21.8 Å². The van der Waals surface area contributed by atoms with Crippen LogP contribution in [0, 0.1) is 11.8 Å². The molecule has 0 saturated carbocycles. The maximum absolute atomic E-state index is 10.1. The van der Waals surface area contributed by atoms with Crippen LogP contribution in [-0.4, -0.2) is 15.9 Å². The molecule has 50 valence electrons. The van der Waals surface area contributed by atoms with E-state index < -0.39 is 5.91 Å². The van der Waals surface area contributed by atoms with E-state index in [1.54, 1.807) is 0 Å². The van der Waals surface area contributed by atoms with E-state index in [0.717, 1.165) is 0 Å². The molecule has 0 aromatic carbocycles. The zero-order valence-electron chi connectivity index (χ0n) is 5.09. The van der Waals surface area contributed by atoms with Gasteiger partial charge in [0.2, 0.25) is 0 Å². The van der Waals surface area contributed by atoms with Crippen molar-refractivity contribution in [3.63, 3.8) is 0 Å². The van der Waals surface area contributed by atoms with E-state index in [1.807, 2.05) is 0 Å². The standard InChI is InChI=1S/C6H5N3O/c7-6(10)2-1-5-3-8-4-9-5/h3-4H,(H2,7,10)(H,8,9). The van der Waals surface area contributed by atoms with Gasteiger partial charge < -0.3 is 10.7 Å². The number of nitrogens with one attached hydrogen (secondary N) is 1. The summed E-state index contributed by atoms with van der Waals surface area (Å²) in [7, 11) is 0. The molecule has 1 amide bonds. The highest BCUT2D eigenvalue weighted by Crippen LogP contribution is 1.84. The van der Waals surface area contributed by atoms with Gasteiger partial charge in [-0.05, 0) is 5.92 Å². The molecule has 0 atom stereocenters. The molecule has 0 fully saturated rings. The van der Waals surface area contributed by atoms with Gasteiger partial charge >= 0.3 is 0 Å². The third-order valence-corrected chi connectivity index (χ3v) is 0.819. The second-order valence-electron chi connectivity index (χ2n) is 1.58. The van der Waals surface area contributed by atoms with E-state index in [-0.39, 0.29) is 0 Å². The Morgan fingerprint density at radius 2 is 2.60 bits per heavy atom. The van der Waals surface area contributed by atoms with Crippen LogP contribution in [0.5, 0.6) is 0 Å². The van der Waals surface area contributed by atoms with E-state index in [1.165, 1.54) is 12.5 Å².